The summed E-state index contributed by atoms with van der Waals surface area (Å²) in [5.41, 5.74) is 6.42. The zero-order valence-corrected chi connectivity index (χ0v) is 12.7. The second kappa shape index (κ2) is 8.04. The van der Waals surface area contributed by atoms with Crippen molar-refractivity contribution < 1.29 is 14.9 Å². The fourth-order valence-corrected chi connectivity index (χ4v) is 2.44. The molecule has 0 bridgehead atoms. The maximum Gasteiger partial charge on any atom is 0.162 e. The zero-order valence-electron chi connectivity index (χ0n) is 11.9. The van der Waals surface area contributed by atoms with Gasteiger partial charge in [0.2, 0.25) is 0 Å². The summed E-state index contributed by atoms with van der Waals surface area (Å²) in [5, 5.41) is 19.5. The molecule has 6 heteroatoms. The van der Waals surface area contributed by atoms with Gasteiger partial charge in [0.25, 0.3) is 0 Å². The predicted octanol–water partition coefficient (Wildman–Crippen LogP) is 1.43. The van der Waals surface area contributed by atoms with Crippen molar-refractivity contribution in [3.8, 4) is 11.5 Å². The molecule has 0 heterocycles. The first kappa shape index (κ1) is 16.7. The molecule has 0 saturated carbocycles. The van der Waals surface area contributed by atoms with Gasteiger partial charge < -0.3 is 20.7 Å². The van der Waals surface area contributed by atoms with Gasteiger partial charge in [0, 0.05) is 12.1 Å². The van der Waals surface area contributed by atoms with E-state index in [1.165, 1.54) is 0 Å². The number of likely N-dealkylation sites (N-methyl/N-ethyl adjacent to an activating group) is 1. The summed E-state index contributed by atoms with van der Waals surface area (Å²) in [6.07, 6.45) is 0. The molecule has 0 fully saturated rings. The second-order valence-electron chi connectivity index (χ2n) is 4.28. The molecule has 4 N–H and O–H groups in total. The van der Waals surface area contributed by atoms with Gasteiger partial charge >= 0.3 is 0 Å². The van der Waals surface area contributed by atoms with Gasteiger partial charge in [0.1, 0.15) is 0 Å². The minimum absolute atomic E-state index is 0.00113. The highest BCUT2D eigenvalue weighted by molar-refractivity contribution is 7.80. The lowest BCUT2D eigenvalue weighted by Crippen LogP contribution is -2.38. The van der Waals surface area contributed by atoms with Crippen LogP contribution in [0.15, 0.2) is 18.2 Å². The molecule has 112 valence electrons. The third kappa shape index (κ3) is 3.82. The molecule has 5 nitrogen and oxygen atoms in total. The molecule has 1 unspecified atom stereocenters. The van der Waals surface area contributed by atoms with Crippen LogP contribution in [0.2, 0.25) is 0 Å². The monoisotopic (exact) mass is 298 g/mol. The largest absolute Gasteiger partial charge is 0.504 e. The standard InChI is InChI=1S/C14H22N2O3S/c1-3-16(8-9-17)12(14(15)20)10-6-5-7-11(13(10)18)19-4-2/h5-7,12,17-18H,3-4,8-9H2,1-2H3,(H2,15,20). The number of aromatic hydroxyl groups is 1. The zero-order chi connectivity index (χ0) is 15.1. The third-order valence-electron chi connectivity index (χ3n) is 3.05. The fourth-order valence-electron chi connectivity index (χ4n) is 2.16. The summed E-state index contributed by atoms with van der Waals surface area (Å²) in [4.78, 5) is 2.16. The van der Waals surface area contributed by atoms with Crippen molar-refractivity contribution in [2.24, 2.45) is 5.73 Å². The average Bonchev–Trinajstić information content (AvgIpc) is 2.42. The Kier molecular flexibility index (Phi) is 6.70. The number of ether oxygens (including phenoxy) is 1. The number of phenolic OH excluding ortho intramolecular Hbond substituents is 1. The fraction of sp³-hybridized carbons (Fsp3) is 0.500. The summed E-state index contributed by atoms with van der Waals surface area (Å²) in [7, 11) is 0. The van der Waals surface area contributed by atoms with Crippen LogP contribution in [-0.4, -0.2) is 46.4 Å². The van der Waals surface area contributed by atoms with Gasteiger partial charge in [0.05, 0.1) is 24.2 Å². The smallest absolute Gasteiger partial charge is 0.162 e. The maximum absolute atomic E-state index is 10.3. The van der Waals surface area contributed by atoms with Crippen LogP contribution >= 0.6 is 12.2 Å². The quantitative estimate of drug-likeness (QED) is 0.630. The molecule has 1 rings (SSSR count). The number of aliphatic hydroxyl groups is 1. The molecule has 0 aliphatic heterocycles. The number of nitrogens with two attached hydrogens (primary N) is 1. The highest BCUT2D eigenvalue weighted by Gasteiger charge is 2.25. The van der Waals surface area contributed by atoms with E-state index in [-0.39, 0.29) is 17.3 Å². The number of hydrogen-bond donors (Lipinski definition) is 3. The first-order chi connectivity index (χ1) is 9.56. The van der Waals surface area contributed by atoms with Gasteiger partial charge in [-0.05, 0) is 19.5 Å². The molecule has 0 aliphatic rings. The molecule has 1 atom stereocenters. The lowest BCUT2D eigenvalue weighted by molar-refractivity contribution is 0.183. The molecule has 0 spiro atoms. The van der Waals surface area contributed by atoms with Crippen molar-refractivity contribution in [1.29, 1.82) is 0 Å². The van der Waals surface area contributed by atoms with Gasteiger partial charge in [0.15, 0.2) is 11.5 Å². The second-order valence-corrected chi connectivity index (χ2v) is 4.76. The Hall–Kier alpha value is -1.37. The molecule has 1 aromatic rings. The van der Waals surface area contributed by atoms with Crippen LogP contribution in [-0.2, 0) is 0 Å². The lowest BCUT2D eigenvalue weighted by Gasteiger charge is -2.30. The van der Waals surface area contributed by atoms with Gasteiger partial charge in [-0.1, -0.05) is 31.3 Å². The number of aliphatic hydroxyl groups excluding tert-OH is 1. The van der Waals surface area contributed by atoms with Gasteiger partial charge in [-0.15, -0.1) is 0 Å². The van der Waals surface area contributed by atoms with Crippen molar-refractivity contribution in [2.45, 2.75) is 19.9 Å². The summed E-state index contributed by atoms with van der Waals surface area (Å²) < 4.78 is 5.38. The summed E-state index contributed by atoms with van der Waals surface area (Å²) in [6, 6.07) is 4.82. The molecule has 1 aromatic carbocycles. The van der Waals surface area contributed by atoms with Crippen LogP contribution in [0.5, 0.6) is 11.5 Å². The molecule has 0 radical (unpaired) electrons. The number of nitrogens with zero attached hydrogens (tertiary/aromatic N) is 1. The first-order valence-electron chi connectivity index (χ1n) is 6.65. The van der Waals surface area contributed by atoms with Crippen LogP contribution in [0.25, 0.3) is 0 Å². The van der Waals surface area contributed by atoms with Gasteiger partial charge in [-0.2, -0.15) is 0 Å². The topological polar surface area (TPSA) is 79.0 Å². The molecular formula is C14H22N2O3S. The van der Waals surface area contributed by atoms with Crippen molar-refractivity contribution in [2.75, 3.05) is 26.3 Å². The van der Waals surface area contributed by atoms with Crippen molar-refractivity contribution in [1.82, 2.24) is 4.90 Å². The van der Waals surface area contributed by atoms with Crippen LogP contribution in [0, 0.1) is 0 Å². The van der Waals surface area contributed by atoms with E-state index < -0.39 is 6.04 Å². The van der Waals surface area contributed by atoms with E-state index in [1.807, 2.05) is 18.7 Å². The average molecular weight is 298 g/mol. The normalized spacial score (nSPS) is 12.4. The Morgan fingerprint density at radius 2 is 2.15 bits per heavy atom. The van der Waals surface area contributed by atoms with E-state index in [0.29, 0.717) is 31.0 Å². The third-order valence-corrected chi connectivity index (χ3v) is 3.28. The van der Waals surface area contributed by atoms with Crippen LogP contribution in [0.3, 0.4) is 0 Å². The van der Waals surface area contributed by atoms with E-state index in [9.17, 15) is 5.11 Å². The highest BCUT2D eigenvalue weighted by atomic mass is 32.1. The Balaban J connectivity index is 3.21. The van der Waals surface area contributed by atoms with Crippen molar-refractivity contribution in [3.05, 3.63) is 23.8 Å². The number of benzene rings is 1. The van der Waals surface area contributed by atoms with E-state index in [4.69, 9.17) is 27.8 Å². The summed E-state index contributed by atoms with van der Waals surface area (Å²) >= 11 is 5.13. The molecule has 0 aromatic heterocycles. The van der Waals surface area contributed by atoms with Crippen LogP contribution in [0.4, 0.5) is 0 Å². The highest BCUT2D eigenvalue weighted by Crippen LogP contribution is 2.36. The number of hydrogen-bond acceptors (Lipinski definition) is 5. The van der Waals surface area contributed by atoms with Gasteiger partial charge in [-0.25, -0.2) is 0 Å². The van der Waals surface area contributed by atoms with E-state index in [0.717, 1.165) is 0 Å². The molecular weight excluding hydrogens is 276 g/mol. The Bertz CT molecular complexity index is 454. The Labute approximate surface area is 125 Å². The molecule has 0 aliphatic carbocycles. The molecule has 0 amide bonds. The maximum atomic E-state index is 10.3. The predicted molar refractivity (Wildman–Crippen MR) is 83.1 cm³/mol. The van der Waals surface area contributed by atoms with Crippen molar-refractivity contribution in [3.63, 3.8) is 0 Å². The Morgan fingerprint density at radius 1 is 1.45 bits per heavy atom. The van der Waals surface area contributed by atoms with Crippen LogP contribution < -0.4 is 10.5 Å². The van der Waals surface area contributed by atoms with Gasteiger partial charge in [-0.3, -0.25) is 4.90 Å². The lowest BCUT2D eigenvalue weighted by atomic mass is 10.0. The molecule has 0 saturated heterocycles. The van der Waals surface area contributed by atoms with E-state index in [1.54, 1.807) is 18.2 Å². The van der Waals surface area contributed by atoms with E-state index >= 15 is 0 Å². The first-order valence-corrected chi connectivity index (χ1v) is 7.06. The number of rotatable bonds is 8. The summed E-state index contributed by atoms with van der Waals surface area (Å²) in [6.45, 7) is 5.34. The minimum atomic E-state index is -0.428. The molecule has 20 heavy (non-hydrogen) atoms. The number of phenols is 1. The van der Waals surface area contributed by atoms with Crippen LogP contribution in [0.1, 0.15) is 25.5 Å². The number of thiocarbonyl (C=S) groups is 1. The number of para-hydroxylation sites is 1. The SMILES string of the molecule is CCOc1cccc(C(C(N)=S)N(CC)CCO)c1O. The van der Waals surface area contributed by atoms with E-state index in [2.05, 4.69) is 0 Å². The van der Waals surface area contributed by atoms with Crippen molar-refractivity contribution >= 4 is 17.2 Å². The Morgan fingerprint density at radius 3 is 2.65 bits per heavy atom. The minimum Gasteiger partial charge on any atom is -0.504 e. The summed E-state index contributed by atoms with van der Waals surface area (Å²) in [5.74, 6) is 0.454.